The fraction of sp³-hybridized carbons (Fsp3) is 0. The van der Waals surface area contributed by atoms with Crippen molar-refractivity contribution in [3.8, 4) is 6.07 Å². The number of aromatic carboxylic acids is 1. The van der Waals surface area contributed by atoms with Crippen molar-refractivity contribution in [2.24, 2.45) is 0 Å². The lowest BCUT2D eigenvalue weighted by Gasteiger charge is -2.08. The Hall–Kier alpha value is -2.08. The van der Waals surface area contributed by atoms with Gasteiger partial charge in [0.05, 0.1) is 21.0 Å². The fourth-order valence-electron chi connectivity index (χ4n) is 1.49. The lowest BCUT2D eigenvalue weighted by atomic mass is 10.2. The predicted molar refractivity (Wildman–Crippen MR) is 78.3 cm³/mol. The quantitative estimate of drug-likeness (QED) is 0.888. The molecule has 2 rings (SSSR count). The minimum Gasteiger partial charge on any atom is -0.478 e. The van der Waals surface area contributed by atoms with Gasteiger partial charge < -0.3 is 5.11 Å². The maximum Gasteiger partial charge on any atom is 0.337 e. The maximum absolute atomic E-state index is 12.2. The van der Waals surface area contributed by atoms with Gasteiger partial charge in [0.1, 0.15) is 11.1 Å². The molecule has 0 saturated heterocycles. The molecule has 0 amide bonds. The number of nitrogens with one attached hydrogen (secondary N) is 1. The summed E-state index contributed by atoms with van der Waals surface area (Å²) in [6.45, 7) is 0. The summed E-state index contributed by atoms with van der Waals surface area (Å²) in [5, 5.41) is 19.3. The molecule has 0 aliphatic carbocycles. The van der Waals surface area contributed by atoms with Crippen molar-refractivity contribution in [1.29, 1.82) is 5.26 Å². The SMILES string of the molecule is N#Cc1ccsc1NS(=O)(=O)c1ccc(C(=O)O)c(Cl)c1. The first kappa shape index (κ1) is 15.3. The summed E-state index contributed by atoms with van der Waals surface area (Å²) in [6, 6.07) is 6.65. The van der Waals surface area contributed by atoms with Crippen molar-refractivity contribution < 1.29 is 18.3 Å². The summed E-state index contributed by atoms with van der Waals surface area (Å²) in [4.78, 5) is 10.7. The zero-order chi connectivity index (χ0) is 15.6. The van der Waals surface area contributed by atoms with Crippen molar-refractivity contribution in [2.75, 3.05) is 4.72 Å². The monoisotopic (exact) mass is 342 g/mol. The van der Waals surface area contributed by atoms with E-state index in [0.717, 1.165) is 29.5 Å². The minimum atomic E-state index is -3.95. The second kappa shape index (κ2) is 5.73. The Morgan fingerprint density at radius 3 is 2.67 bits per heavy atom. The van der Waals surface area contributed by atoms with Gasteiger partial charge in [0, 0.05) is 0 Å². The Balaban J connectivity index is 2.39. The number of hydrogen-bond acceptors (Lipinski definition) is 5. The van der Waals surface area contributed by atoms with Crippen molar-refractivity contribution in [3.05, 3.63) is 45.8 Å². The zero-order valence-corrected chi connectivity index (χ0v) is 12.6. The minimum absolute atomic E-state index is 0.183. The number of halogens is 1. The zero-order valence-electron chi connectivity index (χ0n) is 10.2. The van der Waals surface area contributed by atoms with Crippen molar-refractivity contribution >= 4 is 43.9 Å². The number of rotatable bonds is 4. The third-order valence-corrected chi connectivity index (χ3v) is 5.11. The Morgan fingerprint density at radius 1 is 1.38 bits per heavy atom. The Labute approximate surface area is 129 Å². The highest BCUT2D eigenvalue weighted by atomic mass is 35.5. The normalized spacial score (nSPS) is 10.9. The molecule has 2 N–H and O–H groups in total. The third kappa shape index (κ3) is 3.16. The second-order valence-corrected chi connectivity index (χ2v) is 6.83. The fourth-order valence-corrected chi connectivity index (χ4v) is 3.91. The molecule has 1 heterocycles. The van der Waals surface area contributed by atoms with Crippen molar-refractivity contribution in [2.45, 2.75) is 4.90 Å². The van der Waals surface area contributed by atoms with E-state index in [9.17, 15) is 13.2 Å². The number of carboxylic acids is 1. The molecular formula is C12H7ClN2O4S2. The molecule has 0 spiro atoms. The molecule has 0 saturated carbocycles. The molecule has 21 heavy (non-hydrogen) atoms. The summed E-state index contributed by atoms with van der Waals surface area (Å²) in [5.41, 5.74) is 0.0151. The van der Waals surface area contributed by atoms with Crippen LogP contribution in [0.1, 0.15) is 15.9 Å². The number of thiophene rings is 1. The average molecular weight is 343 g/mol. The molecule has 0 aliphatic heterocycles. The van der Waals surface area contributed by atoms with Gasteiger partial charge in [0.2, 0.25) is 0 Å². The summed E-state index contributed by atoms with van der Waals surface area (Å²) >= 11 is 6.82. The van der Waals surface area contributed by atoms with Crippen molar-refractivity contribution in [3.63, 3.8) is 0 Å². The largest absolute Gasteiger partial charge is 0.478 e. The number of nitrogens with zero attached hydrogens (tertiary/aromatic N) is 1. The van der Waals surface area contributed by atoms with E-state index >= 15 is 0 Å². The lowest BCUT2D eigenvalue weighted by molar-refractivity contribution is 0.0697. The number of carboxylic acid groups (broad SMARTS) is 1. The van der Waals surface area contributed by atoms with Crippen LogP contribution < -0.4 is 4.72 Å². The highest BCUT2D eigenvalue weighted by Crippen LogP contribution is 2.27. The number of hydrogen-bond donors (Lipinski definition) is 2. The number of nitriles is 1. The van der Waals surface area contributed by atoms with Crippen LogP contribution in [-0.2, 0) is 10.0 Å². The summed E-state index contributed by atoms with van der Waals surface area (Å²) in [7, 11) is -3.95. The molecule has 0 atom stereocenters. The Kier molecular flexibility index (Phi) is 4.18. The van der Waals surface area contributed by atoms with Crippen LogP contribution in [0.5, 0.6) is 0 Å². The number of anilines is 1. The van der Waals surface area contributed by atoms with Crippen molar-refractivity contribution in [1.82, 2.24) is 0 Å². The molecule has 0 unspecified atom stereocenters. The first-order valence-electron chi connectivity index (χ1n) is 5.38. The molecule has 0 fully saturated rings. The van der Waals surface area contributed by atoms with Crippen LogP contribution in [0.3, 0.4) is 0 Å². The Morgan fingerprint density at radius 2 is 2.10 bits per heavy atom. The highest BCUT2D eigenvalue weighted by Gasteiger charge is 2.19. The number of carbonyl (C=O) groups is 1. The summed E-state index contributed by atoms with van der Waals surface area (Å²) < 4.78 is 26.6. The van der Waals surface area contributed by atoms with Gasteiger partial charge in [0.25, 0.3) is 10.0 Å². The summed E-state index contributed by atoms with van der Waals surface area (Å²) in [5.74, 6) is -1.25. The standard InChI is InChI=1S/C12H7ClN2O4S2/c13-10-5-8(1-2-9(10)12(16)17)21(18,19)15-11-7(6-14)3-4-20-11/h1-5,15H,(H,16,17). The van der Waals surface area contributed by atoms with E-state index in [-0.39, 0.29) is 26.0 Å². The van der Waals surface area contributed by atoms with Gasteiger partial charge >= 0.3 is 5.97 Å². The molecule has 6 nitrogen and oxygen atoms in total. The molecule has 108 valence electrons. The van der Waals surface area contributed by atoms with E-state index in [1.807, 2.05) is 6.07 Å². The maximum atomic E-state index is 12.2. The molecule has 2 aromatic rings. The molecule has 1 aromatic carbocycles. The van der Waals surface area contributed by atoms with Gasteiger partial charge in [-0.3, -0.25) is 4.72 Å². The van der Waals surface area contributed by atoms with E-state index in [2.05, 4.69) is 4.72 Å². The first-order chi connectivity index (χ1) is 9.85. The smallest absolute Gasteiger partial charge is 0.337 e. The van der Waals surface area contributed by atoms with Gasteiger partial charge in [-0.25, -0.2) is 13.2 Å². The molecule has 1 aromatic heterocycles. The molecule has 0 aliphatic rings. The van der Waals surface area contributed by atoms with Gasteiger partial charge in [-0.1, -0.05) is 11.6 Å². The van der Waals surface area contributed by atoms with Crippen LogP contribution in [0.15, 0.2) is 34.5 Å². The molecule has 0 radical (unpaired) electrons. The number of benzene rings is 1. The van der Waals surface area contributed by atoms with E-state index < -0.39 is 16.0 Å². The van der Waals surface area contributed by atoms with Crippen LogP contribution >= 0.6 is 22.9 Å². The van der Waals surface area contributed by atoms with Crippen LogP contribution in [0.2, 0.25) is 5.02 Å². The van der Waals surface area contributed by atoms with E-state index in [4.69, 9.17) is 22.0 Å². The number of sulfonamides is 1. The highest BCUT2D eigenvalue weighted by molar-refractivity contribution is 7.93. The lowest BCUT2D eigenvalue weighted by Crippen LogP contribution is -2.13. The van der Waals surface area contributed by atoms with Crippen LogP contribution in [-0.4, -0.2) is 19.5 Å². The Bertz CT molecular complexity index is 852. The molecular weight excluding hydrogens is 336 g/mol. The van der Waals surface area contributed by atoms with Crippen LogP contribution in [0.25, 0.3) is 0 Å². The second-order valence-electron chi connectivity index (χ2n) is 3.83. The topological polar surface area (TPSA) is 107 Å². The van der Waals surface area contributed by atoms with Gasteiger partial charge in [-0.05, 0) is 29.6 Å². The average Bonchev–Trinajstić information content (AvgIpc) is 2.84. The van der Waals surface area contributed by atoms with Crippen LogP contribution in [0, 0.1) is 11.3 Å². The van der Waals surface area contributed by atoms with Gasteiger partial charge in [-0.2, -0.15) is 5.26 Å². The summed E-state index contributed by atoms with van der Waals surface area (Å²) in [6.07, 6.45) is 0. The molecule has 9 heteroatoms. The van der Waals surface area contributed by atoms with Crippen LogP contribution in [0.4, 0.5) is 5.00 Å². The van der Waals surface area contributed by atoms with E-state index in [0.29, 0.717) is 0 Å². The van der Waals surface area contributed by atoms with E-state index in [1.54, 1.807) is 5.38 Å². The molecule has 0 bridgehead atoms. The first-order valence-corrected chi connectivity index (χ1v) is 8.12. The van der Waals surface area contributed by atoms with E-state index in [1.165, 1.54) is 6.07 Å². The predicted octanol–water partition coefficient (Wildman–Crippen LogP) is 2.77. The van der Waals surface area contributed by atoms with Gasteiger partial charge in [-0.15, -0.1) is 11.3 Å². The third-order valence-electron chi connectivity index (χ3n) is 2.49. The van der Waals surface area contributed by atoms with Gasteiger partial charge in [0.15, 0.2) is 0 Å².